The predicted octanol–water partition coefficient (Wildman–Crippen LogP) is 2.59. The van der Waals surface area contributed by atoms with E-state index in [1.807, 2.05) is 12.1 Å². The quantitative estimate of drug-likeness (QED) is 0.897. The summed E-state index contributed by atoms with van der Waals surface area (Å²) in [4.78, 5) is 13.9. The minimum atomic E-state index is 0.0763. The molecule has 2 heteroatoms. The molecule has 0 amide bonds. The molecule has 21 heavy (non-hydrogen) atoms. The van der Waals surface area contributed by atoms with E-state index in [1.54, 1.807) is 0 Å². The van der Waals surface area contributed by atoms with Crippen molar-refractivity contribution in [3.8, 4) is 0 Å². The monoisotopic (exact) mass is 280 g/mol. The molecule has 2 aromatic rings. The molecule has 108 valence electrons. The van der Waals surface area contributed by atoms with Gasteiger partial charge in [-0.15, -0.1) is 0 Å². The highest BCUT2D eigenvalue weighted by atomic mass is 16.1. The summed E-state index contributed by atoms with van der Waals surface area (Å²) in [5.74, 6) is 0.454. The first-order chi connectivity index (χ1) is 10.2. The zero-order valence-corrected chi connectivity index (χ0v) is 12.6. The van der Waals surface area contributed by atoms with E-state index in [9.17, 15) is 4.79 Å². The van der Waals surface area contributed by atoms with Gasteiger partial charge in [0.15, 0.2) is 0 Å². The summed E-state index contributed by atoms with van der Waals surface area (Å²) in [5, 5.41) is 0. The fourth-order valence-corrected chi connectivity index (χ4v) is 3.62. The number of nitrogens with one attached hydrogen (secondary N) is 1. The summed E-state index contributed by atoms with van der Waals surface area (Å²) in [7, 11) is 2.22. The van der Waals surface area contributed by atoms with E-state index in [4.69, 9.17) is 0 Å². The van der Waals surface area contributed by atoms with Crippen LogP contribution in [0, 0.1) is 5.92 Å². The van der Waals surface area contributed by atoms with Crippen LogP contribution < -0.4 is 4.90 Å². The van der Waals surface area contributed by atoms with Crippen molar-refractivity contribution in [1.29, 1.82) is 0 Å². The number of carbonyl (C=O) groups is 1. The van der Waals surface area contributed by atoms with Gasteiger partial charge in [0.05, 0.1) is 19.4 Å². The fourth-order valence-electron chi connectivity index (χ4n) is 3.62. The molecule has 1 aliphatic heterocycles. The Morgan fingerprint density at radius 3 is 2.00 bits per heavy atom. The van der Waals surface area contributed by atoms with Crippen molar-refractivity contribution in [1.82, 2.24) is 0 Å². The average Bonchev–Trinajstić information content (AvgIpc) is 2.53. The smallest absolute Gasteiger partial charge is 0.148 e. The van der Waals surface area contributed by atoms with Gasteiger partial charge in [0.2, 0.25) is 0 Å². The van der Waals surface area contributed by atoms with Gasteiger partial charge >= 0.3 is 0 Å². The van der Waals surface area contributed by atoms with Crippen molar-refractivity contribution in [3.05, 3.63) is 71.8 Å². The lowest BCUT2D eigenvalue weighted by atomic mass is 9.80. The SMILES string of the molecule is C[C@H]1C(=O)C[C@@H](c2ccccc2)[NH+](C)[C@@H]1c1ccccc1. The Balaban J connectivity index is 1.98. The molecule has 0 radical (unpaired) electrons. The molecule has 1 fully saturated rings. The van der Waals surface area contributed by atoms with Gasteiger partial charge in [-0.05, 0) is 6.92 Å². The van der Waals surface area contributed by atoms with Crippen molar-refractivity contribution >= 4 is 5.78 Å². The van der Waals surface area contributed by atoms with Crippen LogP contribution in [0.3, 0.4) is 0 Å². The van der Waals surface area contributed by atoms with Crippen molar-refractivity contribution in [2.75, 3.05) is 7.05 Å². The molecule has 1 saturated heterocycles. The number of carbonyl (C=O) groups excluding carboxylic acids is 1. The second kappa shape index (κ2) is 5.82. The van der Waals surface area contributed by atoms with E-state index in [-0.39, 0.29) is 18.0 Å². The van der Waals surface area contributed by atoms with E-state index in [0.717, 1.165) is 0 Å². The molecule has 2 nitrogen and oxygen atoms in total. The second-order valence-electron chi connectivity index (χ2n) is 6.05. The van der Waals surface area contributed by atoms with E-state index in [1.165, 1.54) is 16.0 Å². The van der Waals surface area contributed by atoms with Crippen LogP contribution in [0.1, 0.15) is 36.6 Å². The number of hydrogen-bond donors (Lipinski definition) is 1. The lowest BCUT2D eigenvalue weighted by Crippen LogP contribution is -3.11. The van der Waals surface area contributed by atoms with E-state index in [2.05, 4.69) is 62.5 Å². The Kier molecular flexibility index (Phi) is 3.89. The summed E-state index contributed by atoms with van der Waals surface area (Å²) in [6, 6.07) is 21.3. The summed E-state index contributed by atoms with van der Waals surface area (Å²) >= 11 is 0. The zero-order valence-electron chi connectivity index (χ0n) is 12.6. The van der Waals surface area contributed by atoms with Gasteiger partial charge in [0.1, 0.15) is 17.9 Å². The maximum absolute atomic E-state index is 12.5. The molecule has 0 aromatic heterocycles. The van der Waals surface area contributed by atoms with Gasteiger partial charge in [-0.1, -0.05) is 60.7 Å². The average molecular weight is 280 g/mol. The third-order valence-corrected chi connectivity index (χ3v) is 4.81. The number of benzene rings is 2. The molecule has 0 spiro atoms. The third-order valence-electron chi connectivity index (χ3n) is 4.81. The van der Waals surface area contributed by atoms with Crippen LogP contribution in [-0.2, 0) is 4.79 Å². The molecule has 1 unspecified atom stereocenters. The molecule has 2 aromatic carbocycles. The van der Waals surface area contributed by atoms with Crippen LogP contribution in [-0.4, -0.2) is 12.8 Å². The van der Waals surface area contributed by atoms with Gasteiger partial charge < -0.3 is 4.90 Å². The van der Waals surface area contributed by atoms with Gasteiger partial charge in [-0.25, -0.2) is 0 Å². The number of Topliss-reactive ketones (excluding diaryl/α,β-unsaturated/α-hetero) is 1. The second-order valence-corrected chi connectivity index (χ2v) is 6.05. The molecule has 0 bridgehead atoms. The fraction of sp³-hybridized carbons (Fsp3) is 0.316. The Morgan fingerprint density at radius 2 is 1.43 bits per heavy atom. The highest BCUT2D eigenvalue weighted by Crippen LogP contribution is 2.29. The first-order valence-electron chi connectivity index (χ1n) is 7.64. The number of rotatable bonds is 2. The molecule has 1 aliphatic rings. The van der Waals surface area contributed by atoms with Gasteiger partial charge in [-0.3, -0.25) is 4.79 Å². The minimum absolute atomic E-state index is 0.0763. The Hall–Kier alpha value is -1.93. The predicted molar refractivity (Wildman–Crippen MR) is 84.0 cm³/mol. The summed E-state index contributed by atoms with van der Waals surface area (Å²) in [6.07, 6.45) is 0.639. The molecular weight excluding hydrogens is 258 g/mol. The van der Waals surface area contributed by atoms with Crippen LogP contribution in [0.15, 0.2) is 60.7 Å². The van der Waals surface area contributed by atoms with Gasteiger partial charge in [-0.2, -0.15) is 0 Å². The number of quaternary nitrogens is 1. The summed E-state index contributed by atoms with van der Waals surface area (Å²) < 4.78 is 0. The van der Waals surface area contributed by atoms with Crippen LogP contribution >= 0.6 is 0 Å². The highest BCUT2D eigenvalue weighted by molar-refractivity contribution is 5.82. The summed E-state index contributed by atoms with van der Waals surface area (Å²) in [6.45, 7) is 2.07. The van der Waals surface area contributed by atoms with Crippen LogP contribution in [0.25, 0.3) is 0 Å². The maximum atomic E-state index is 12.5. The largest absolute Gasteiger partial charge is 0.324 e. The highest BCUT2D eigenvalue weighted by Gasteiger charge is 2.42. The molecular formula is C19H22NO+. The van der Waals surface area contributed by atoms with E-state index < -0.39 is 0 Å². The summed E-state index contributed by atoms with van der Waals surface area (Å²) in [5.41, 5.74) is 2.52. The number of ketones is 1. The molecule has 0 saturated carbocycles. The lowest BCUT2D eigenvalue weighted by molar-refractivity contribution is -0.949. The Labute approximate surface area is 126 Å². The molecule has 1 N–H and O–H groups in total. The molecule has 0 aliphatic carbocycles. The standard InChI is InChI=1S/C19H21NO/c1-14-18(21)13-17(15-9-5-3-6-10-15)20(2)19(14)16-11-7-4-8-12-16/h3-12,14,17,19H,13H2,1-2H3/p+1/t14-,17-,19-/m0/s1. The number of likely N-dealkylation sites (tertiary alicyclic amines) is 1. The van der Waals surface area contributed by atoms with Crippen molar-refractivity contribution in [2.24, 2.45) is 5.92 Å². The Morgan fingerprint density at radius 1 is 0.905 bits per heavy atom. The molecule has 1 heterocycles. The van der Waals surface area contributed by atoms with Crippen molar-refractivity contribution in [2.45, 2.75) is 25.4 Å². The molecule has 3 rings (SSSR count). The van der Waals surface area contributed by atoms with Gasteiger partial charge in [0, 0.05) is 11.1 Å². The van der Waals surface area contributed by atoms with E-state index >= 15 is 0 Å². The maximum Gasteiger partial charge on any atom is 0.148 e. The van der Waals surface area contributed by atoms with Crippen molar-refractivity contribution in [3.63, 3.8) is 0 Å². The third kappa shape index (κ3) is 2.64. The van der Waals surface area contributed by atoms with Crippen LogP contribution in [0.5, 0.6) is 0 Å². The van der Waals surface area contributed by atoms with Crippen molar-refractivity contribution < 1.29 is 9.69 Å². The Bertz CT molecular complexity index is 608. The topological polar surface area (TPSA) is 21.5 Å². The van der Waals surface area contributed by atoms with E-state index in [0.29, 0.717) is 12.2 Å². The first-order valence-corrected chi connectivity index (χ1v) is 7.64. The molecule has 4 atom stereocenters. The minimum Gasteiger partial charge on any atom is -0.324 e. The number of hydrogen-bond acceptors (Lipinski definition) is 1. The van der Waals surface area contributed by atoms with Crippen LogP contribution in [0.4, 0.5) is 0 Å². The number of piperidine rings is 1. The first kappa shape index (κ1) is 14.0. The zero-order chi connectivity index (χ0) is 14.8. The van der Waals surface area contributed by atoms with Gasteiger partial charge in [0.25, 0.3) is 0 Å². The lowest BCUT2D eigenvalue weighted by Gasteiger charge is -2.39. The van der Waals surface area contributed by atoms with Crippen LogP contribution in [0.2, 0.25) is 0 Å². The normalized spacial score (nSPS) is 29.3.